The third kappa shape index (κ3) is 4.57. The highest BCUT2D eigenvalue weighted by Gasteiger charge is 2.22. The normalized spacial score (nSPS) is 11.8. The van der Waals surface area contributed by atoms with Crippen molar-refractivity contribution in [1.29, 1.82) is 0 Å². The van der Waals surface area contributed by atoms with E-state index in [1.807, 2.05) is 60.7 Å². The van der Waals surface area contributed by atoms with Crippen LogP contribution in [0.5, 0.6) is 0 Å². The van der Waals surface area contributed by atoms with E-state index < -0.39 is 23.6 Å². The molecule has 0 aliphatic heterocycles. The number of amides is 1. The Balaban J connectivity index is 1.68. The lowest BCUT2D eigenvalue weighted by Crippen LogP contribution is -2.41. The van der Waals surface area contributed by atoms with E-state index in [0.717, 1.165) is 11.1 Å². The number of H-pyrrole nitrogens is 1. The number of hydrogen-bond donors (Lipinski definition) is 2. The Morgan fingerprint density at radius 2 is 1.66 bits per heavy atom. The van der Waals surface area contributed by atoms with E-state index in [1.165, 1.54) is 12.4 Å². The lowest BCUT2D eigenvalue weighted by Gasteiger charge is -2.22. The standard InChI is InChI=1S/C25H22N4O3/c30-16-21(14-20-15-26-17-27-20)28-24(31)22-12-7-13-29(25(22)32)23(18-8-3-1-4-9-18)19-10-5-2-6-11-19/h1-13,15-17,21,23H,14H2,(H,26,27)(H,28,31)/t21-/m0/s1. The van der Waals surface area contributed by atoms with Crippen molar-refractivity contribution >= 4 is 12.2 Å². The average Bonchev–Trinajstić information content (AvgIpc) is 3.34. The van der Waals surface area contributed by atoms with Crippen LogP contribution in [0.15, 0.2) is 96.3 Å². The topological polar surface area (TPSA) is 96.8 Å². The third-order valence-corrected chi connectivity index (χ3v) is 5.19. The smallest absolute Gasteiger partial charge is 0.264 e. The Hall–Kier alpha value is -4.26. The Morgan fingerprint density at radius 1 is 1.00 bits per heavy atom. The summed E-state index contributed by atoms with van der Waals surface area (Å²) in [6.07, 6.45) is 5.70. The number of aromatic nitrogens is 3. The molecule has 0 saturated heterocycles. The molecule has 1 amide bonds. The van der Waals surface area contributed by atoms with Crippen molar-refractivity contribution in [3.8, 4) is 0 Å². The number of rotatable bonds is 8. The molecule has 0 saturated carbocycles. The van der Waals surface area contributed by atoms with Crippen LogP contribution in [0.2, 0.25) is 0 Å². The maximum absolute atomic E-state index is 13.4. The first kappa shape index (κ1) is 21.0. The lowest BCUT2D eigenvalue weighted by atomic mass is 9.98. The first-order valence-electron chi connectivity index (χ1n) is 10.2. The quantitative estimate of drug-likeness (QED) is 0.424. The predicted octanol–water partition coefficient (Wildman–Crippen LogP) is 2.75. The minimum absolute atomic E-state index is 0.0294. The molecule has 7 nitrogen and oxygen atoms in total. The van der Waals surface area contributed by atoms with Crippen LogP contribution in [0, 0.1) is 0 Å². The molecule has 0 fully saturated rings. The fraction of sp³-hybridized carbons (Fsp3) is 0.120. The number of pyridine rings is 1. The van der Waals surface area contributed by atoms with Gasteiger partial charge in [-0.2, -0.15) is 0 Å². The van der Waals surface area contributed by atoms with E-state index in [0.29, 0.717) is 12.0 Å². The van der Waals surface area contributed by atoms with E-state index >= 15 is 0 Å². The maximum atomic E-state index is 13.4. The van der Waals surface area contributed by atoms with Crippen LogP contribution in [0.1, 0.15) is 33.2 Å². The highest BCUT2D eigenvalue weighted by Crippen LogP contribution is 2.25. The number of carbonyl (C=O) groups excluding carboxylic acids is 2. The highest BCUT2D eigenvalue weighted by molar-refractivity contribution is 5.95. The van der Waals surface area contributed by atoms with Crippen molar-refractivity contribution in [2.45, 2.75) is 18.5 Å². The van der Waals surface area contributed by atoms with Gasteiger partial charge in [-0.05, 0) is 23.3 Å². The molecule has 0 radical (unpaired) electrons. The maximum Gasteiger partial charge on any atom is 0.264 e. The molecule has 2 aromatic heterocycles. The zero-order chi connectivity index (χ0) is 22.3. The van der Waals surface area contributed by atoms with Crippen LogP contribution in [0.4, 0.5) is 0 Å². The number of imidazole rings is 1. The number of carbonyl (C=O) groups is 2. The molecule has 0 aliphatic rings. The summed E-state index contributed by atoms with van der Waals surface area (Å²) in [5.41, 5.74) is 2.01. The molecular weight excluding hydrogens is 404 g/mol. The van der Waals surface area contributed by atoms with Gasteiger partial charge in [-0.1, -0.05) is 60.7 Å². The Bertz CT molecular complexity index is 1200. The second-order valence-electron chi connectivity index (χ2n) is 7.34. The third-order valence-electron chi connectivity index (χ3n) is 5.19. The fourth-order valence-corrected chi connectivity index (χ4v) is 3.68. The monoisotopic (exact) mass is 426 g/mol. The molecule has 1 atom stereocenters. The molecular formula is C25H22N4O3. The van der Waals surface area contributed by atoms with Gasteiger partial charge in [-0.15, -0.1) is 0 Å². The molecule has 2 aromatic carbocycles. The largest absolute Gasteiger partial charge is 0.351 e. The second-order valence-corrected chi connectivity index (χ2v) is 7.34. The van der Waals surface area contributed by atoms with Gasteiger partial charge in [0, 0.05) is 18.8 Å². The summed E-state index contributed by atoms with van der Waals surface area (Å²) in [6, 6.07) is 21.2. The van der Waals surface area contributed by atoms with E-state index in [-0.39, 0.29) is 12.0 Å². The SMILES string of the molecule is O=C[C@H](Cc1c[nH]cn1)NC(=O)c1cccn(C(c2ccccc2)c2ccccc2)c1=O. The van der Waals surface area contributed by atoms with Gasteiger partial charge in [0.2, 0.25) is 0 Å². The molecule has 160 valence electrons. The fourth-order valence-electron chi connectivity index (χ4n) is 3.68. The van der Waals surface area contributed by atoms with Crippen molar-refractivity contribution in [2.75, 3.05) is 0 Å². The van der Waals surface area contributed by atoms with E-state index in [1.54, 1.807) is 23.0 Å². The minimum Gasteiger partial charge on any atom is -0.351 e. The second kappa shape index (κ2) is 9.70. The molecule has 4 aromatic rings. The van der Waals surface area contributed by atoms with Gasteiger partial charge < -0.3 is 19.7 Å². The van der Waals surface area contributed by atoms with Crippen LogP contribution in [0.3, 0.4) is 0 Å². The first-order valence-corrected chi connectivity index (χ1v) is 10.2. The van der Waals surface area contributed by atoms with Gasteiger partial charge in [-0.3, -0.25) is 9.59 Å². The van der Waals surface area contributed by atoms with Crippen LogP contribution in [0.25, 0.3) is 0 Å². The lowest BCUT2D eigenvalue weighted by molar-refractivity contribution is -0.109. The number of aromatic amines is 1. The minimum atomic E-state index is -0.794. The molecule has 0 bridgehead atoms. The first-order chi connectivity index (χ1) is 15.7. The zero-order valence-electron chi connectivity index (χ0n) is 17.2. The van der Waals surface area contributed by atoms with E-state index in [2.05, 4.69) is 15.3 Å². The van der Waals surface area contributed by atoms with Crippen LogP contribution in [-0.2, 0) is 11.2 Å². The number of benzene rings is 2. The molecule has 0 aliphatic carbocycles. The van der Waals surface area contributed by atoms with Gasteiger partial charge in [0.15, 0.2) is 0 Å². The highest BCUT2D eigenvalue weighted by atomic mass is 16.2. The molecule has 2 heterocycles. The van der Waals surface area contributed by atoms with Gasteiger partial charge in [0.05, 0.1) is 24.1 Å². The predicted molar refractivity (Wildman–Crippen MR) is 120 cm³/mol. The summed E-state index contributed by atoms with van der Waals surface area (Å²) in [5.74, 6) is -0.600. The van der Waals surface area contributed by atoms with Crippen LogP contribution >= 0.6 is 0 Å². The Kier molecular flexibility index (Phi) is 6.36. The van der Waals surface area contributed by atoms with Crippen LogP contribution in [-0.4, -0.2) is 32.8 Å². The van der Waals surface area contributed by atoms with Crippen molar-refractivity contribution in [1.82, 2.24) is 19.9 Å². The molecule has 2 N–H and O–H groups in total. The van der Waals surface area contributed by atoms with Gasteiger partial charge in [0.1, 0.15) is 11.8 Å². The number of nitrogens with one attached hydrogen (secondary N) is 2. The van der Waals surface area contributed by atoms with Crippen molar-refractivity contribution in [3.05, 3.63) is 124 Å². The van der Waals surface area contributed by atoms with Crippen molar-refractivity contribution in [3.63, 3.8) is 0 Å². The summed E-state index contributed by atoms with van der Waals surface area (Å²) in [4.78, 5) is 44.7. The van der Waals surface area contributed by atoms with Crippen molar-refractivity contribution < 1.29 is 9.59 Å². The van der Waals surface area contributed by atoms with Crippen LogP contribution < -0.4 is 10.9 Å². The average molecular weight is 426 g/mol. The van der Waals surface area contributed by atoms with Gasteiger partial charge >= 0.3 is 0 Å². The zero-order valence-corrected chi connectivity index (χ0v) is 17.2. The number of hydrogen-bond acceptors (Lipinski definition) is 4. The number of nitrogens with zero attached hydrogens (tertiary/aromatic N) is 2. The van der Waals surface area contributed by atoms with E-state index in [4.69, 9.17) is 0 Å². The summed E-state index contributed by atoms with van der Waals surface area (Å²) in [6.45, 7) is 0. The number of aldehydes is 1. The molecule has 0 unspecified atom stereocenters. The molecule has 7 heteroatoms. The Morgan fingerprint density at radius 3 is 2.22 bits per heavy atom. The Labute approximate surface area is 184 Å². The summed E-state index contributed by atoms with van der Waals surface area (Å²) >= 11 is 0. The summed E-state index contributed by atoms with van der Waals surface area (Å²) in [5, 5.41) is 2.63. The summed E-state index contributed by atoms with van der Waals surface area (Å²) < 4.78 is 1.54. The van der Waals surface area contributed by atoms with Gasteiger partial charge in [-0.25, -0.2) is 4.98 Å². The molecule has 32 heavy (non-hydrogen) atoms. The summed E-state index contributed by atoms with van der Waals surface area (Å²) in [7, 11) is 0. The molecule has 4 rings (SSSR count). The van der Waals surface area contributed by atoms with Crippen molar-refractivity contribution in [2.24, 2.45) is 0 Å². The molecule has 0 spiro atoms. The van der Waals surface area contributed by atoms with E-state index in [9.17, 15) is 14.4 Å². The van der Waals surface area contributed by atoms with Gasteiger partial charge in [0.25, 0.3) is 11.5 Å².